The quantitative estimate of drug-likeness (QED) is 0.106. The average molecular weight is 668 g/mol. The summed E-state index contributed by atoms with van der Waals surface area (Å²) in [5.41, 5.74) is 4.99. The lowest BCUT2D eigenvalue weighted by Crippen LogP contribution is -2.44. The molecule has 3 aromatic rings. The summed E-state index contributed by atoms with van der Waals surface area (Å²) >= 11 is 0. The maximum atomic E-state index is 13.6. The first-order chi connectivity index (χ1) is 23.7. The van der Waals surface area contributed by atoms with Gasteiger partial charge in [-0.05, 0) is 54.0 Å². The Bertz CT molecular complexity index is 1560. The molecule has 0 radical (unpaired) electrons. The minimum Gasteiger partial charge on any atom is -0.454 e. The molecule has 10 heteroatoms. The van der Waals surface area contributed by atoms with E-state index in [-0.39, 0.29) is 50.8 Å². The van der Waals surface area contributed by atoms with Gasteiger partial charge >= 0.3 is 12.1 Å². The van der Waals surface area contributed by atoms with Crippen LogP contribution in [0.1, 0.15) is 61.3 Å². The summed E-state index contributed by atoms with van der Waals surface area (Å²) in [6, 6.07) is 23.5. The molecule has 3 aromatic carbocycles. The van der Waals surface area contributed by atoms with Gasteiger partial charge < -0.3 is 30.5 Å². The molecule has 258 valence electrons. The van der Waals surface area contributed by atoms with Gasteiger partial charge in [-0.1, -0.05) is 91.0 Å². The van der Waals surface area contributed by atoms with E-state index in [9.17, 15) is 24.3 Å². The fourth-order valence-corrected chi connectivity index (χ4v) is 5.86. The van der Waals surface area contributed by atoms with Gasteiger partial charge in [-0.3, -0.25) is 9.59 Å². The number of rotatable bonds is 18. The first-order valence-corrected chi connectivity index (χ1v) is 16.5. The highest BCUT2D eigenvalue weighted by Gasteiger charge is 2.31. The Morgan fingerprint density at radius 1 is 0.878 bits per heavy atom. The number of amides is 3. The number of carbonyl (C=O) groups excluding carboxylic acids is 4. The van der Waals surface area contributed by atoms with Crippen LogP contribution in [0.2, 0.25) is 0 Å². The van der Waals surface area contributed by atoms with Crippen LogP contribution in [0.15, 0.2) is 104 Å². The molecule has 0 fully saturated rings. The van der Waals surface area contributed by atoms with E-state index in [2.05, 4.69) is 41.2 Å². The number of benzene rings is 3. The fourth-order valence-electron chi connectivity index (χ4n) is 5.86. The van der Waals surface area contributed by atoms with Crippen molar-refractivity contribution in [1.82, 2.24) is 16.0 Å². The largest absolute Gasteiger partial charge is 0.454 e. The third-order valence-corrected chi connectivity index (χ3v) is 8.41. The molecule has 1 aliphatic carbocycles. The summed E-state index contributed by atoms with van der Waals surface area (Å²) in [7, 11) is 0. The van der Waals surface area contributed by atoms with Crippen LogP contribution in [-0.4, -0.2) is 60.8 Å². The highest BCUT2D eigenvalue weighted by molar-refractivity contribution is 5.86. The van der Waals surface area contributed by atoms with Gasteiger partial charge in [0.15, 0.2) is 0 Å². The van der Waals surface area contributed by atoms with Gasteiger partial charge in [0.2, 0.25) is 11.8 Å². The third-order valence-electron chi connectivity index (χ3n) is 8.41. The van der Waals surface area contributed by atoms with Gasteiger partial charge in [0.05, 0.1) is 19.1 Å². The van der Waals surface area contributed by atoms with E-state index >= 15 is 0 Å². The maximum absolute atomic E-state index is 13.6. The molecule has 0 spiro atoms. The molecule has 0 aromatic heterocycles. The van der Waals surface area contributed by atoms with Gasteiger partial charge in [-0.25, -0.2) is 9.59 Å². The van der Waals surface area contributed by atoms with Crippen LogP contribution in [0.4, 0.5) is 4.79 Å². The summed E-state index contributed by atoms with van der Waals surface area (Å²) in [5.74, 6) is -2.34. The van der Waals surface area contributed by atoms with Crippen molar-refractivity contribution in [2.24, 2.45) is 5.92 Å². The second kappa shape index (κ2) is 18.4. The SMILES string of the molecule is C=CCC[C@H](NC(=O)OCC1c2ccccc2-c2ccccc21)C(=O)O[C@@H](CNC(=O)[C@H](CC=C)CC(=O)N[C@@H](C)CO)c1ccccc1. The second-order valence-electron chi connectivity index (χ2n) is 12.0. The summed E-state index contributed by atoms with van der Waals surface area (Å²) in [4.78, 5) is 52.3. The maximum Gasteiger partial charge on any atom is 0.407 e. The fraction of sp³-hybridized carbons (Fsp3) is 0.333. The predicted molar refractivity (Wildman–Crippen MR) is 187 cm³/mol. The van der Waals surface area contributed by atoms with Gasteiger partial charge in [-0.2, -0.15) is 0 Å². The van der Waals surface area contributed by atoms with Gasteiger partial charge in [0.25, 0.3) is 0 Å². The van der Waals surface area contributed by atoms with E-state index in [1.807, 2.05) is 42.5 Å². The van der Waals surface area contributed by atoms with E-state index < -0.39 is 42.1 Å². The van der Waals surface area contributed by atoms with Crippen molar-refractivity contribution in [3.8, 4) is 11.1 Å². The molecule has 3 amide bonds. The number of hydrogen-bond acceptors (Lipinski definition) is 7. The number of alkyl carbamates (subject to hydrolysis) is 1. The van der Waals surface area contributed by atoms with Crippen molar-refractivity contribution >= 4 is 23.9 Å². The van der Waals surface area contributed by atoms with E-state index in [0.29, 0.717) is 12.0 Å². The lowest BCUT2D eigenvalue weighted by Gasteiger charge is -2.24. The van der Waals surface area contributed by atoms with Crippen molar-refractivity contribution < 1.29 is 33.8 Å². The molecule has 0 saturated carbocycles. The molecule has 0 unspecified atom stereocenters. The number of aliphatic hydroxyl groups excluding tert-OH is 1. The van der Waals surface area contributed by atoms with Crippen LogP contribution in [0.3, 0.4) is 0 Å². The highest BCUT2D eigenvalue weighted by Crippen LogP contribution is 2.44. The Hall–Kier alpha value is -5.22. The van der Waals surface area contributed by atoms with Crippen LogP contribution in [0.25, 0.3) is 11.1 Å². The lowest BCUT2D eigenvalue weighted by molar-refractivity contribution is -0.152. The molecule has 4 rings (SSSR count). The zero-order chi connectivity index (χ0) is 35.2. The predicted octanol–water partition coefficient (Wildman–Crippen LogP) is 5.34. The van der Waals surface area contributed by atoms with Gasteiger partial charge in [0, 0.05) is 18.4 Å². The Morgan fingerprint density at radius 2 is 1.51 bits per heavy atom. The number of esters is 1. The normalized spacial score (nSPS) is 14.2. The smallest absolute Gasteiger partial charge is 0.407 e. The summed E-state index contributed by atoms with van der Waals surface area (Å²) in [5, 5.41) is 17.4. The molecule has 10 nitrogen and oxygen atoms in total. The second-order valence-corrected chi connectivity index (χ2v) is 12.0. The number of ether oxygens (including phenoxy) is 2. The van der Waals surface area contributed by atoms with Crippen LogP contribution in [0, 0.1) is 5.92 Å². The number of aliphatic hydroxyl groups is 1. The molecule has 0 aliphatic heterocycles. The summed E-state index contributed by atoms with van der Waals surface area (Å²) in [6.45, 7) is 8.89. The van der Waals surface area contributed by atoms with Gasteiger partial charge in [0.1, 0.15) is 18.8 Å². The van der Waals surface area contributed by atoms with Crippen molar-refractivity contribution in [3.63, 3.8) is 0 Å². The molecule has 49 heavy (non-hydrogen) atoms. The van der Waals surface area contributed by atoms with Crippen molar-refractivity contribution in [3.05, 3.63) is 121 Å². The standard InChI is InChI=1S/C39H45N3O7/c1-4-6-21-34(42-39(47)48-25-33-31-19-12-10-17-29(31)30-18-11-13-20-32(30)33)38(46)49-35(27-15-8-7-9-16-27)23-40-37(45)28(14-5-2)22-36(44)41-26(3)24-43/h4-5,7-13,15-20,26,28,33-35,43H,1-2,6,14,21-25H2,3H3,(H,40,45)(H,41,44)(H,42,47)/t26-,28+,34-,35-/m0/s1. The van der Waals surface area contributed by atoms with Crippen LogP contribution >= 0.6 is 0 Å². The Morgan fingerprint density at radius 3 is 2.12 bits per heavy atom. The number of fused-ring (bicyclic) bond motifs is 3. The van der Waals surface area contributed by atoms with Crippen LogP contribution < -0.4 is 16.0 Å². The Labute approximate surface area is 287 Å². The third kappa shape index (κ3) is 10.1. The first-order valence-electron chi connectivity index (χ1n) is 16.5. The molecule has 0 saturated heterocycles. The Balaban J connectivity index is 1.41. The number of hydrogen-bond donors (Lipinski definition) is 4. The van der Waals surface area contributed by atoms with Crippen molar-refractivity contribution in [1.29, 1.82) is 0 Å². The van der Waals surface area contributed by atoms with E-state index in [1.54, 1.807) is 43.3 Å². The molecule has 0 bridgehead atoms. The Kier molecular flexibility index (Phi) is 13.7. The molecule has 4 atom stereocenters. The minimum atomic E-state index is -1.04. The average Bonchev–Trinajstić information content (AvgIpc) is 3.44. The van der Waals surface area contributed by atoms with E-state index in [1.165, 1.54) is 0 Å². The van der Waals surface area contributed by atoms with Crippen molar-refractivity contribution in [2.45, 2.75) is 56.7 Å². The number of allylic oxidation sites excluding steroid dienone is 2. The molecular formula is C39H45N3O7. The molecule has 0 heterocycles. The number of nitrogens with one attached hydrogen (secondary N) is 3. The van der Waals surface area contributed by atoms with Gasteiger partial charge in [-0.15, -0.1) is 13.2 Å². The first kappa shape index (κ1) is 36.6. The molecular weight excluding hydrogens is 622 g/mol. The van der Waals surface area contributed by atoms with Crippen LogP contribution in [0.5, 0.6) is 0 Å². The topological polar surface area (TPSA) is 143 Å². The summed E-state index contributed by atoms with van der Waals surface area (Å²) < 4.78 is 11.6. The zero-order valence-corrected chi connectivity index (χ0v) is 27.8. The minimum absolute atomic E-state index is 0.0734. The molecule has 1 aliphatic rings. The highest BCUT2D eigenvalue weighted by atomic mass is 16.6. The summed E-state index contributed by atoms with van der Waals surface area (Å²) in [6.07, 6.45) is 2.35. The number of carbonyl (C=O) groups is 4. The van der Waals surface area contributed by atoms with E-state index in [0.717, 1.165) is 22.3 Å². The van der Waals surface area contributed by atoms with Crippen LogP contribution in [-0.2, 0) is 23.9 Å². The lowest BCUT2D eigenvalue weighted by atomic mass is 9.98. The van der Waals surface area contributed by atoms with Crippen molar-refractivity contribution in [2.75, 3.05) is 19.8 Å². The monoisotopic (exact) mass is 667 g/mol. The van der Waals surface area contributed by atoms with E-state index in [4.69, 9.17) is 9.47 Å². The molecule has 4 N–H and O–H groups in total. The zero-order valence-electron chi connectivity index (χ0n) is 27.8.